The monoisotopic (exact) mass is 654 g/mol. The normalized spacial score (nSPS) is 22.9. The SMILES string of the molecule is CC(C)(C)OC(=O)N1CCCC1C1=NC(C)(c2ccc(-c3ccc(-c4cnc(C5CCCN5C(=O)OC(C)(C)C)[nH]4)cc3)cc2)C(=O)N1. The molecular formula is C37H46N6O5. The summed E-state index contributed by atoms with van der Waals surface area (Å²) in [4.78, 5) is 55.3. The number of amidine groups is 1. The van der Waals surface area contributed by atoms with E-state index in [9.17, 15) is 14.4 Å². The number of aliphatic imine (C=N–C) groups is 1. The number of hydrogen-bond acceptors (Lipinski definition) is 7. The molecule has 0 spiro atoms. The number of aromatic amines is 1. The van der Waals surface area contributed by atoms with Crippen LogP contribution in [-0.2, 0) is 19.8 Å². The van der Waals surface area contributed by atoms with Gasteiger partial charge in [-0.25, -0.2) is 19.6 Å². The molecule has 2 aromatic carbocycles. The third-order valence-corrected chi connectivity index (χ3v) is 8.99. The van der Waals surface area contributed by atoms with Crippen LogP contribution in [0, 0.1) is 0 Å². The van der Waals surface area contributed by atoms with Crippen molar-refractivity contribution in [2.24, 2.45) is 4.99 Å². The van der Waals surface area contributed by atoms with E-state index in [1.165, 1.54) is 0 Å². The molecule has 0 bridgehead atoms. The van der Waals surface area contributed by atoms with Crippen molar-refractivity contribution in [1.29, 1.82) is 0 Å². The van der Waals surface area contributed by atoms with Crippen molar-refractivity contribution >= 4 is 23.9 Å². The number of benzene rings is 2. The largest absolute Gasteiger partial charge is 0.444 e. The first-order valence-electron chi connectivity index (χ1n) is 16.8. The van der Waals surface area contributed by atoms with Crippen molar-refractivity contribution in [3.8, 4) is 22.4 Å². The molecule has 3 unspecified atom stereocenters. The first kappa shape index (κ1) is 33.2. The highest BCUT2D eigenvalue weighted by Gasteiger charge is 2.46. The average Bonchev–Trinajstić information content (AvgIpc) is 3.82. The number of rotatable bonds is 5. The summed E-state index contributed by atoms with van der Waals surface area (Å²) in [5.41, 5.74) is 2.42. The zero-order valence-electron chi connectivity index (χ0n) is 28.9. The fourth-order valence-electron chi connectivity index (χ4n) is 6.57. The topological polar surface area (TPSA) is 129 Å². The van der Waals surface area contributed by atoms with Crippen molar-refractivity contribution in [2.75, 3.05) is 13.1 Å². The minimum Gasteiger partial charge on any atom is -0.444 e. The van der Waals surface area contributed by atoms with Gasteiger partial charge in [-0.15, -0.1) is 0 Å². The van der Waals surface area contributed by atoms with Crippen LogP contribution in [0.4, 0.5) is 9.59 Å². The van der Waals surface area contributed by atoms with Crippen LogP contribution >= 0.6 is 0 Å². The van der Waals surface area contributed by atoms with Gasteiger partial charge in [0.2, 0.25) is 0 Å². The second-order valence-corrected chi connectivity index (χ2v) is 15.0. The standard InChI is InChI=1S/C37H46N6O5/c1-35(2,3)47-33(45)42-20-8-10-28(42)30-38-22-27(39-30)25-14-12-23(13-15-25)24-16-18-26(19-17-24)37(7)32(44)40-31(41-37)29-11-9-21-43(29)34(46)48-36(4,5)6/h12-19,22,28-29H,8-11,20-21H2,1-7H3,(H,38,39)(H,40,41,44). The average molecular weight is 655 g/mol. The van der Waals surface area contributed by atoms with E-state index in [0.717, 1.165) is 53.0 Å². The van der Waals surface area contributed by atoms with Crippen molar-refractivity contribution in [1.82, 2.24) is 25.1 Å². The Bertz CT molecular complexity index is 1720. The maximum absolute atomic E-state index is 13.3. The highest BCUT2D eigenvalue weighted by molar-refractivity contribution is 6.11. The number of H-pyrrole nitrogens is 1. The van der Waals surface area contributed by atoms with Crippen molar-refractivity contribution in [3.63, 3.8) is 0 Å². The van der Waals surface area contributed by atoms with Crippen LogP contribution in [0.5, 0.6) is 0 Å². The fraction of sp³-hybridized carbons (Fsp3) is 0.486. The number of nitrogens with one attached hydrogen (secondary N) is 2. The summed E-state index contributed by atoms with van der Waals surface area (Å²) in [6, 6.07) is 15.6. The molecule has 3 aliphatic rings. The Morgan fingerprint density at radius 1 is 0.792 bits per heavy atom. The van der Waals surface area contributed by atoms with E-state index in [4.69, 9.17) is 14.5 Å². The van der Waals surface area contributed by atoms with Gasteiger partial charge in [-0.05, 0) is 96.4 Å². The summed E-state index contributed by atoms with van der Waals surface area (Å²) in [6.07, 6.45) is 4.37. The summed E-state index contributed by atoms with van der Waals surface area (Å²) < 4.78 is 11.2. The van der Waals surface area contributed by atoms with E-state index < -0.39 is 22.8 Å². The van der Waals surface area contributed by atoms with Crippen LogP contribution in [0.2, 0.25) is 0 Å². The van der Waals surface area contributed by atoms with Crippen LogP contribution in [0.25, 0.3) is 22.4 Å². The number of imidazole rings is 1. The molecule has 48 heavy (non-hydrogen) atoms. The first-order valence-corrected chi connectivity index (χ1v) is 16.8. The smallest absolute Gasteiger partial charge is 0.410 e. The molecule has 4 heterocycles. The molecule has 0 radical (unpaired) electrons. The van der Waals surface area contributed by atoms with Crippen LogP contribution in [0.1, 0.15) is 91.6 Å². The van der Waals surface area contributed by atoms with E-state index >= 15 is 0 Å². The predicted molar refractivity (Wildman–Crippen MR) is 183 cm³/mol. The van der Waals surface area contributed by atoms with Gasteiger partial charge in [0.1, 0.15) is 22.9 Å². The molecule has 2 saturated heterocycles. The third-order valence-electron chi connectivity index (χ3n) is 8.99. The lowest BCUT2D eigenvalue weighted by Gasteiger charge is -2.28. The zero-order valence-corrected chi connectivity index (χ0v) is 28.9. The Balaban J connectivity index is 1.14. The Hall–Kier alpha value is -4.67. The molecule has 3 atom stereocenters. The second-order valence-electron chi connectivity index (χ2n) is 15.0. The van der Waals surface area contributed by atoms with Gasteiger partial charge in [0.15, 0.2) is 5.54 Å². The van der Waals surface area contributed by atoms with E-state index in [1.54, 1.807) is 9.80 Å². The van der Waals surface area contributed by atoms with Gasteiger partial charge >= 0.3 is 12.2 Å². The van der Waals surface area contributed by atoms with Crippen LogP contribution in [0.3, 0.4) is 0 Å². The number of ether oxygens (including phenoxy) is 2. The maximum atomic E-state index is 13.3. The van der Waals surface area contributed by atoms with Gasteiger partial charge in [-0.2, -0.15) is 0 Å². The number of carbonyl (C=O) groups is 3. The van der Waals surface area contributed by atoms with E-state index in [0.29, 0.717) is 25.3 Å². The van der Waals surface area contributed by atoms with Gasteiger partial charge in [-0.3, -0.25) is 14.6 Å². The van der Waals surface area contributed by atoms with E-state index in [1.807, 2.05) is 91.1 Å². The molecule has 254 valence electrons. The maximum Gasteiger partial charge on any atom is 0.410 e. The molecular weight excluding hydrogens is 608 g/mol. The Morgan fingerprint density at radius 2 is 1.29 bits per heavy atom. The van der Waals surface area contributed by atoms with Crippen LogP contribution in [0.15, 0.2) is 59.7 Å². The summed E-state index contributed by atoms with van der Waals surface area (Å²) in [5.74, 6) is 1.06. The van der Waals surface area contributed by atoms with Crippen LogP contribution in [-0.4, -0.2) is 74.0 Å². The fourth-order valence-corrected chi connectivity index (χ4v) is 6.57. The minimum atomic E-state index is -1.10. The summed E-state index contributed by atoms with van der Waals surface area (Å²) in [5, 5.41) is 2.96. The minimum absolute atomic E-state index is 0.141. The molecule has 11 heteroatoms. The van der Waals surface area contributed by atoms with Crippen molar-refractivity contribution in [3.05, 3.63) is 66.1 Å². The molecule has 1 aromatic heterocycles. The quantitative estimate of drug-likeness (QED) is 0.306. The molecule has 3 aliphatic heterocycles. The van der Waals surface area contributed by atoms with Gasteiger partial charge in [0.25, 0.3) is 5.91 Å². The Kier molecular flexibility index (Phi) is 8.59. The molecule has 6 rings (SSSR count). The Labute approximate surface area is 282 Å². The van der Waals surface area contributed by atoms with Crippen LogP contribution < -0.4 is 5.32 Å². The predicted octanol–water partition coefficient (Wildman–Crippen LogP) is 6.96. The molecule has 3 aromatic rings. The summed E-state index contributed by atoms with van der Waals surface area (Å²) in [6.45, 7) is 14.2. The van der Waals surface area contributed by atoms with E-state index in [-0.39, 0.29) is 24.1 Å². The third kappa shape index (κ3) is 6.81. The van der Waals surface area contributed by atoms with Gasteiger partial charge in [-0.1, -0.05) is 48.5 Å². The van der Waals surface area contributed by atoms with Gasteiger partial charge in [0.05, 0.1) is 24.0 Å². The molecule has 2 N–H and O–H groups in total. The highest BCUT2D eigenvalue weighted by Crippen LogP contribution is 2.35. The Morgan fingerprint density at radius 3 is 1.85 bits per heavy atom. The molecule has 0 aliphatic carbocycles. The number of aromatic nitrogens is 2. The van der Waals surface area contributed by atoms with Gasteiger partial charge in [0, 0.05) is 13.1 Å². The molecule has 11 nitrogen and oxygen atoms in total. The lowest BCUT2D eigenvalue weighted by atomic mass is 9.91. The van der Waals surface area contributed by atoms with E-state index in [2.05, 4.69) is 27.4 Å². The number of likely N-dealkylation sites (tertiary alicyclic amines) is 2. The number of nitrogens with zero attached hydrogens (tertiary/aromatic N) is 4. The van der Waals surface area contributed by atoms with Gasteiger partial charge < -0.3 is 19.8 Å². The second kappa shape index (κ2) is 12.4. The molecule has 2 fully saturated rings. The number of carbonyl (C=O) groups excluding carboxylic acids is 3. The summed E-state index contributed by atoms with van der Waals surface area (Å²) >= 11 is 0. The zero-order chi connectivity index (χ0) is 34.4. The lowest BCUT2D eigenvalue weighted by molar-refractivity contribution is -0.123. The van der Waals surface area contributed by atoms with Crippen molar-refractivity contribution in [2.45, 2.75) is 103 Å². The summed E-state index contributed by atoms with van der Waals surface area (Å²) in [7, 11) is 0. The number of hydrogen-bond donors (Lipinski definition) is 2. The molecule has 0 saturated carbocycles. The van der Waals surface area contributed by atoms with Crippen molar-refractivity contribution < 1.29 is 23.9 Å². The lowest BCUT2D eigenvalue weighted by Crippen LogP contribution is -2.47. The molecule has 3 amide bonds. The highest BCUT2D eigenvalue weighted by atomic mass is 16.6. The number of amides is 3. The first-order chi connectivity index (χ1) is 22.6.